The summed E-state index contributed by atoms with van der Waals surface area (Å²) < 4.78 is 1.09. The third-order valence-electron chi connectivity index (χ3n) is 2.37. The molecule has 1 aromatic carbocycles. The van der Waals surface area contributed by atoms with Crippen LogP contribution in [-0.2, 0) is 4.79 Å². The van der Waals surface area contributed by atoms with E-state index in [1.54, 1.807) is 6.92 Å². The summed E-state index contributed by atoms with van der Waals surface area (Å²) in [5.41, 5.74) is 5.94. The average Bonchev–Trinajstić information content (AvgIpc) is 2.17. The monoisotopic (exact) mass is 332 g/mol. The van der Waals surface area contributed by atoms with Gasteiger partial charge < -0.3 is 11.1 Å². The Morgan fingerprint density at radius 2 is 2.25 bits per heavy atom. The molecule has 16 heavy (non-hydrogen) atoms. The van der Waals surface area contributed by atoms with Crippen LogP contribution in [0.1, 0.15) is 26.7 Å². The Labute approximate surface area is 110 Å². The maximum atomic E-state index is 11.9. The summed E-state index contributed by atoms with van der Waals surface area (Å²) in [5.74, 6) is -0.128. The van der Waals surface area contributed by atoms with Crippen molar-refractivity contribution in [2.75, 3.05) is 5.32 Å². The van der Waals surface area contributed by atoms with Crippen molar-refractivity contribution in [1.29, 1.82) is 0 Å². The Morgan fingerprint density at radius 3 is 2.81 bits per heavy atom. The molecule has 1 rings (SSSR count). The second-order valence-electron chi connectivity index (χ2n) is 4.13. The van der Waals surface area contributed by atoms with Gasteiger partial charge in [-0.05, 0) is 54.1 Å². The first kappa shape index (κ1) is 13.4. The molecule has 3 N–H and O–H groups in total. The second kappa shape index (κ2) is 5.63. The van der Waals surface area contributed by atoms with Crippen LogP contribution in [0, 0.1) is 3.57 Å². The fourth-order valence-electron chi connectivity index (χ4n) is 1.47. The van der Waals surface area contributed by atoms with Crippen LogP contribution in [-0.4, -0.2) is 11.4 Å². The van der Waals surface area contributed by atoms with Gasteiger partial charge in [0.1, 0.15) is 0 Å². The van der Waals surface area contributed by atoms with E-state index in [1.165, 1.54) is 0 Å². The second-order valence-corrected chi connectivity index (χ2v) is 5.38. The van der Waals surface area contributed by atoms with Crippen molar-refractivity contribution in [3.8, 4) is 0 Å². The Bertz CT molecular complexity index is 377. The van der Waals surface area contributed by atoms with Crippen LogP contribution in [0.25, 0.3) is 0 Å². The van der Waals surface area contributed by atoms with Crippen LogP contribution in [0.3, 0.4) is 0 Å². The number of nitrogens with two attached hydrogens (primary N) is 1. The summed E-state index contributed by atoms with van der Waals surface area (Å²) in [4.78, 5) is 11.9. The summed E-state index contributed by atoms with van der Waals surface area (Å²) in [6, 6.07) is 7.66. The minimum absolute atomic E-state index is 0.128. The minimum atomic E-state index is -0.796. The molecule has 0 aliphatic carbocycles. The molecule has 1 atom stereocenters. The van der Waals surface area contributed by atoms with Crippen molar-refractivity contribution >= 4 is 34.2 Å². The van der Waals surface area contributed by atoms with Crippen molar-refractivity contribution < 1.29 is 4.79 Å². The number of carbonyl (C=O) groups is 1. The Kier molecular flexibility index (Phi) is 4.73. The smallest absolute Gasteiger partial charge is 0.244 e. The lowest BCUT2D eigenvalue weighted by molar-refractivity contribution is -0.120. The van der Waals surface area contributed by atoms with Crippen molar-refractivity contribution in [3.63, 3.8) is 0 Å². The number of anilines is 1. The van der Waals surface area contributed by atoms with Crippen LogP contribution >= 0.6 is 22.6 Å². The highest BCUT2D eigenvalue weighted by Gasteiger charge is 2.26. The fourth-order valence-corrected chi connectivity index (χ4v) is 2.02. The van der Waals surface area contributed by atoms with Crippen LogP contribution in [0.15, 0.2) is 24.3 Å². The van der Waals surface area contributed by atoms with E-state index in [1.807, 2.05) is 31.2 Å². The van der Waals surface area contributed by atoms with E-state index in [2.05, 4.69) is 27.9 Å². The van der Waals surface area contributed by atoms with Gasteiger partial charge in [-0.1, -0.05) is 19.4 Å². The molecule has 3 nitrogen and oxygen atoms in total. The van der Waals surface area contributed by atoms with Gasteiger partial charge in [0.05, 0.1) is 5.54 Å². The molecule has 0 radical (unpaired) electrons. The maximum Gasteiger partial charge on any atom is 0.244 e. The summed E-state index contributed by atoms with van der Waals surface area (Å²) in [7, 11) is 0. The van der Waals surface area contributed by atoms with Gasteiger partial charge in [0.15, 0.2) is 0 Å². The molecule has 0 spiro atoms. The standard InChI is InChI=1S/C12H17IN2O/c1-3-7-12(2,14)11(16)15-10-6-4-5-9(13)8-10/h4-6,8H,3,7,14H2,1-2H3,(H,15,16). The summed E-state index contributed by atoms with van der Waals surface area (Å²) >= 11 is 2.21. The number of amides is 1. The molecule has 0 aromatic heterocycles. The minimum Gasteiger partial charge on any atom is -0.324 e. The van der Waals surface area contributed by atoms with E-state index in [-0.39, 0.29) is 5.91 Å². The molecule has 1 amide bonds. The van der Waals surface area contributed by atoms with Crippen LogP contribution in [0.5, 0.6) is 0 Å². The van der Waals surface area contributed by atoms with Gasteiger partial charge in [0.25, 0.3) is 0 Å². The van der Waals surface area contributed by atoms with Gasteiger partial charge in [-0.3, -0.25) is 4.79 Å². The normalized spacial score (nSPS) is 14.2. The molecule has 0 saturated carbocycles. The summed E-state index contributed by atoms with van der Waals surface area (Å²) in [5, 5.41) is 2.84. The molecule has 4 heteroatoms. The van der Waals surface area contributed by atoms with E-state index in [0.717, 1.165) is 15.7 Å². The van der Waals surface area contributed by atoms with Gasteiger partial charge in [0, 0.05) is 9.26 Å². The largest absolute Gasteiger partial charge is 0.324 e. The average molecular weight is 332 g/mol. The number of benzene rings is 1. The highest BCUT2D eigenvalue weighted by molar-refractivity contribution is 14.1. The zero-order valence-corrected chi connectivity index (χ0v) is 11.7. The van der Waals surface area contributed by atoms with Gasteiger partial charge >= 0.3 is 0 Å². The maximum absolute atomic E-state index is 11.9. The number of halogens is 1. The molecule has 0 aliphatic heterocycles. The third kappa shape index (κ3) is 3.75. The summed E-state index contributed by atoms with van der Waals surface area (Å²) in [6.45, 7) is 3.78. The molecule has 0 aliphatic rings. The lowest BCUT2D eigenvalue weighted by Crippen LogP contribution is -2.48. The molecule has 1 aromatic rings. The number of nitrogens with one attached hydrogen (secondary N) is 1. The van der Waals surface area contributed by atoms with E-state index in [0.29, 0.717) is 6.42 Å². The molecule has 0 fully saturated rings. The third-order valence-corrected chi connectivity index (χ3v) is 3.04. The molecule has 0 bridgehead atoms. The number of carbonyl (C=O) groups excluding carboxylic acids is 1. The predicted molar refractivity (Wildman–Crippen MR) is 75.3 cm³/mol. The lowest BCUT2D eigenvalue weighted by Gasteiger charge is -2.22. The van der Waals surface area contributed by atoms with Crippen LogP contribution < -0.4 is 11.1 Å². The quantitative estimate of drug-likeness (QED) is 0.833. The van der Waals surface area contributed by atoms with Crippen molar-refractivity contribution in [2.24, 2.45) is 5.73 Å². The first-order chi connectivity index (χ1) is 7.45. The van der Waals surface area contributed by atoms with Crippen molar-refractivity contribution in [3.05, 3.63) is 27.8 Å². The van der Waals surface area contributed by atoms with Crippen LogP contribution in [0.4, 0.5) is 5.69 Å². The fraction of sp³-hybridized carbons (Fsp3) is 0.417. The highest BCUT2D eigenvalue weighted by Crippen LogP contribution is 2.16. The summed E-state index contributed by atoms with van der Waals surface area (Å²) in [6.07, 6.45) is 1.58. The Balaban J connectivity index is 2.71. The van der Waals surface area contributed by atoms with Crippen LogP contribution in [0.2, 0.25) is 0 Å². The van der Waals surface area contributed by atoms with Crippen molar-refractivity contribution in [2.45, 2.75) is 32.2 Å². The lowest BCUT2D eigenvalue weighted by atomic mass is 9.96. The van der Waals surface area contributed by atoms with Crippen molar-refractivity contribution in [1.82, 2.24) is 0 Å². The molecule has 88 valence electrons. The number of hydrogen-bond acceptors (Lipinski definition) is 2. The van der Waals surface area contributed by atoms with Gasteiger partial charge in [0.2, 0.25) is 5.91 Å². The highest BCUT2D eigenvalue weighted by atomic mass is 127. The van der Waals surface area contributed by atoms with Gasteiger partial charge in [-0.2, -0.15) is 0 Å². The van der Waals surface area contributed by atoms with Gasteiger partial charge in [-0.15, -0.1) is 0 Å². The first-order valence-corrected chi connectivity index (χ1v) is 6.39. The predicted octanol–water partition coefficient (Wildman–Crippen LogP) is 2.75. The zero-order valence-electron chi connectivity index (χ0n) is 9.59. The number of rotatable bonds is 4. The topological polar surface area (TPSA) is 55.1 Å². The molecule has 0 saturated heterocycles. The Morgan fingerprint density at radius 1 is 1.56 bits per heavy atom. The Hall–Kier alpha value is -0.620. The SMILES string of the molecule is CCCC(C)(N)C(=O)Nc1cccc(I)c1. The van der Waals surface area contributed by atoms with E-state index < -0.39 is 5.54 Å². The molecular formula is C12H17IN2O. The first-order valence-electron chi connectivity index (χ1n) is 5.31. The van der Waals surface area contributed by atoms with E-state index >= 15 is 0 Å². The van der Waals surface area contributed by atoms with E-state index in [4.69, 9.17) is 5.73 Å². The molecule has 0 heterocycles. The van der Waals surface area contributed by atoms with E-state index in [9.17, 15) is 4.79 Å². The zero-order chi connectivity index (χ0) is 12.2. The molecule has 1 unspecified atom stereocenters. The molecular weight excluding hydrogens is 315 g/mol. The van der Waals surface area contributed by atoms with Gasteiger partial charge in [-0.25, -0.2) is 0 Å². The number of hydrogen-bond donors (Lipinski definition) is 2.